The van der Waals surface area contributed by atoms with Crippen molar-refractivity contribution in [3.63, 3.8) is 0 Å². The highest BCUT2D eigenvalue weighted by Crippen LogP contribution is 2.45. The molecule has 0 saturated heterocycles. The van der Waals surface area contributed by atoms with E-state index in [2.05, 4.69) is 61.5 Å². The SMILES string of the molecule is CCCCCCCCCC=C1c2ccccc2Sc2ccccc21. The minimum atomic E-state index is 1.19. The van der Waals surface area contributed by atoms with Crippen LogP contribution in [0.25, 0.3) is 5.57 Å². The zero-order valence-electron chi connectivity index (χ0n) is 14.8. The first-order valence-corrected chi connectivity index (χ1v) is 10.3. The number of allylic oxidation sites excluding steroid dienone is 1. The van der Waals surface area contributed by atoms with Crippen LogP contribution in [0.1, 0.15) is 69.4 Å². The first-order valence-electron chi connectivity index (χ1n) is 9.47. The molecule has 126 valence electrons. The summed E-state index contributed by atoms with van der Waals surface area (Å²) in [6.45, 7) is 2.28. The molecule has 1 heterocycles. The molecule has 1 aliphatic heterocycles. The van der Waals surface area contributed by atoms with Gasteiger partial charge in [-0.1, -0.05) is 99.7 Å². The molecule has 0 atom stereocenters. The molecule has 24 heavy (non-hydrogen) atoms. The van der Waals surface area contributed by atoms with Crippen LogP contribution in [0.15, 0.2) is 64.4 Å². The lowest BCUT2D eigenvalue weighted by Crippen LogP contribution is -1.98. The summed E-state index contributed by atoms with van der Waals surface area (Å²) in [6.07, 6.45) is 13.3. The number of hydrogen-bond acceptors (Lipinski definition) is 1. The Morgan fingerprint density at radius 3 is 1.88 bits per heavy atom. The van der Waals surface area contributed by atoms with Gasteiger partial charge in [-0.15, -0.1) is 0 Å². The lowest BCUT2D eigenvalue weighted by atomic mass is 9.95. The highest BCUT2D eigenvalue weighted by atomic mass is 32.2. The topological polar surface area (TPSA) is 0 Å². The zero-order chi connectivity index (χ0) is 16.6. The standard InChI is InChI=1S/C23H28S/c1-2-3-4-5-6-7-8-9-14-19-20-15-10-12-17-22(20)24-23-18-13-11-16-21(19)23/h10-18H,2-9H2,1H3. The summed E-state index contributed by atoms with van der Waals surface area (Å²) in [5, 5.41) is 0. The molecule has 0 spiro atoms. The highest BCUT2D eigenvalue weighted by Gasteiger charge is 2.19. The minimum absolute atomic E-state index is 1.19. The highest BCUT2D eigenvalue weighted by molar-refractivity contribution is 7.99. The van der Waals surface area contributed by atoms with Crippen LogP contribution in [0.2, 0.25) is 0 Å². The Kier molecular flexibility index (Phi) is 6.60. The summed E-state index contributed by atoms with van der Waals surface area (Å²) in [4.78, 5) is 2.78. The maximum absolute atomic E-state index is 2.48. The second-order valence-electron chi connectivity index (χ2n) is 6.62. The first kappa shape index (κ1) is 17.4. The molecular formula is C23H28S. The molecule has 0 saturated carbocycles. The molecule has 2 aromatic carbocycles. The summed E-state index contributed by atoms with van der Waals surface area (Å²) in [6, 6.07) is 17.7. The van der Waals surface area contributed by atoms with Gasteiger partial charge in [-0.05, 0) is 41.7 Å². The van der Waals surface area contributed by atoms with Crippen molar-refractivity contribution in [3.05, 3.63) is 65.7 Å². The minimum Gasteiger partial charge on any atom is -0.0888 e. The summed E-state index contributed by atoms with van der Waals surface area (Å²) in [5.41, 5.74) is 4.25. The molecule has 1 heteroatoms. The maximum Gasteiger partial charge on any atom is 0.0201 e. The molecule has 0 N–H and O–H groups in total. The number of hydrogen-bond donors (Lipinski definition) is 0. The molecule has 0 unspecified atom stereocenters. The Morgan fingerprint density at radius 1 is 0.708 bits per heavy atom. The van der Waals surface area contributed by atoms with Gasteiger partial charge in [-0.3, -0.25) is 0 Å². The van der Waals surface area contributed by atoms with Crippen LogP contribution >= 0.6 is 11.8 Å². The Bertz CT molecular complexity index is 636. The third-order valence-corrected chi connectivity index (χ3v) is 5.88. The number of benzene rings is 2. The van der Waals surface area contributed by atoms with Gasteiger partial charge < -0.3 is 0 Å². The summed E-state index contributed by atoms with van der Waals surface area (Å²) in [7, 11) is 0. The van der Waals surface area contributed by atoms with E-state index in [1.54, 1.807) is 0 Å². The summed E-state index contributed by atoms with van der Waals surface area (Å²) in [5.74, 6) is 0. The molecule has 0 bridgehead atoms. The molecule has 0 nitrogen and oxygen atoms in total. The van der Waals surface area contributed by atoms with Crippen molar-refractivity contribution in [2.24, 2.45) is 0 Å². The van der Waals surface area contributed by atoms with Crippen LogP contribution in [-0.4, -0.2) is 0 Å². The van der Waals surface area contributed by atoms with Crippen molar-refractivity contribution in [2.45, 2.75) is 68.1 Å². The van der Waals surface area contributed by atoms with Crippen LogP contribution in [0.3, 0.4) is 0 Å². The van der Waals surface area contributed by atoms with Crippen molar-refractivity contribution in [3.8, 4) is 0 Å². The van der Waals surface area contributed by atoms with E-state index in [1.807, 2.05) is 11.8 Å². The molecule has 2 aromatic rings. The fourth-order valence-corrected chi connectivity index (χ4v) is 4.49. The predicted octanol–water partition coefficient (Wildman–Crippen LogP) is 7.72. The van der Waals surface area contributed by atoms with Gasteiger partial charge in [0, 0.05) is 9.79 Å². The Balaban J connectivity index is 1.64. The van der Waals surface area contributed by atoms with Crippen molar-refractivity contribution in [1.82, 2.24) is 0 Å². The van der Waals surface area contributed by atoms with Gasteiger partial charge in [0.15, 0.2) is 0 Å². The van der Waals surface area contributed by atoms with Crippen molar-refractivity contribution >= 4 is 17.3 Å². The number of rotatable bonds is 8. The largest absolute Gasteiger partial charge is 0.0888 e. The smallest absolute Gasteiger partial charge is 0.0201 e. The van der Waals surface area contributed by atoms with Gasteiger partial charge in [-0.25, -0.2) is 0 Å². The predicted molar refractivity (Wildman–Crippen MR) is 107 cm³/mol. The monoisotopic (exact) mass is 336 g/mol. The molecule has 0 radical (unpaired) electrons. The van der Waals surface area contributed by atoms with E-state index in [-0.39, 0.29) is 0 Å². The molecule has 3 rings (SSSR count). The van der Waals surface area contributed by atoms with Gasteiger partial charge in [0.2, 0.25) is 0 Å². The van der Waals surface area contributed by atoms with Crippen molar-refractivity contribution in [1.29, 1.82) is 0 Å². The van der Waals surface area contributed by atoms with E-state index in [4.69, 9.17) is 0 Å². The molecule has 1 aliphatic rings. The van der Waals surface area contributed by atoms with Gasteiger partial charge in [0.1, 0.15) is 0 Å². The van der Waals surface area contributed by atoms with E-state index in [1.165, 1.54) is 77.9 Å². The van der Waals surface area contributed by atoms with Gasteiger partial charge in [0.25, 0.3) is 0 Å². The van der Waals surface area contributed by atoms with Crippen LogP contribution in [-0.2, 0) is 0 Å². The van der Waals surface area contributed by atoms with Gasteiger partial charge in [0.05, 0.1) is 0 Å². The van der Waals surface area contributed by atoms with Crippen LogP contribution in [0.5, 0.6) is 0 Å². The second-order valence-corrected chi connectivity index (χ2v) is 7.71. The van der Waals surface area contributed by atoms with E-state index >= 15 is 0 Å². The zero-order valence-corrected chi connectivity index (χ0v) is 15.6. The number of fused-ring (bicyclic) bond motifs is 2. The number of unbranched alkanes of at least 4 members (excludes halogenated alkanes) is 7. The van der Waals surface area contributed by atoms with Crippen LogP contribution in [0, 0.1) is 0 Å². The van der Waals surface area contributed by atoms with Gasteiger partial charge in [-0.2, -0.15) is 0 Å². The fraction of sp³-hybridized carbons (Fsp3) is 0.391. The Morgan fingerprint density at radius 2 is 1.25 bits per heavy atom. The van der Waals surface area contributed by atoms with Crippen molar-refractivity contribution < 1.29 is 0 Å². The molecule has 0 amide bonds. The summed E-state index contributed by atoms with van der Waals surface area (Å²) >= 11 is 1.90. The molecular weight excluding hydrogens is 308 g/mol. The Labute approximate surface area is 151 Å². The average molecular weight is 337 g/mol. The lowest BCUT2D eigenvalue weighted by Gasteiger charge is -2.22. The average Bonchev–Trinajstić information content (AvgIpc) is 2.63. The van der Waals surface area contributed by atoms with E-state index in [9.17, 15) is 0 Å². The van der Waals surface area contributed by atoms with E-state index in [0.29, 0.717) is 0 Å². The summed E-state index contributed by atoms with van der Waals surface area (Å²) < 4.78 is 0. The van der Waals surface area contributed by atoms with E-state index < -0.39 is 0 Å². The van der Waals surface area contributed by atoms with Gasteiger partial charge >= 0.3 is 0 Å². The molecule has 0 aromatic heterocycles. The normalized spacial score (nSPS) is 12.6. The van der Waals surface area contributed by atoms with Crippen molar-refractivity contribution in [2.75, 3.05) is 0 Å². The molecule has 0 fully saturated rings. The van der Waals surface area contributed by atoms with Crippen LogP contribution < -0.4 is 0 Å². The third-order valence-electron chi connectivity index (χ3n) is 4.73. The fourth-order valence-electron chi connectivity index (χ4n) is 3.39. The first-order chi connectivity index (χ1) is 11.9. The lowest BCUT2D eigenvalue weighted by molar-refractivity contribution is 0.592. The van der Waals surface area contributed by atoms with Crippen LogP contribution in [0.4, 0.5) is 0 Å². The Hall–Kier alpha value is -1.47. The second kappa shape index (κ2) is 9.13. The quantitative estimate of drug-likeness (QED) is 0.379. The maximum atomic E-state index is 2.48. The van der Waals surface area contributed by atoms with E-state index in [0.717, 1.165) is 0 Å². The molecule has 0 aliphatic carbocycles. The third kappa shape index (κ3) is 4.33.